The highest BCUT2D eigenvalue weighted by Crippen LogP contribution is 2.22. The van der Waals surface area contributed by atoms with E-state index in [-0.39, 0.29) is 5.56 Å². The molecule has 80 valence electrons. The predicted octanol–water partition coefficient (Wildman–Crippen LogP) is 1.47. The highest BCUT2D eigenvalue weighted by atomic mass is 19.1. The summed E-state index contributed by atoms with van der Waals surface area (Å²) >= 11 is 0. The molecule has 3 nitrogen and oxygen atoms in total. The van der Waals surface area contributed by atoms with Crippen LogP contribution in [-0.4, -0.2) is 32.6 Å². The first-order chi connectivity index (χ1) is 7.33. The molecule has 1 fully saturated rings. The van der Waals surface area contributed by atoms with Gasteiger partial charge in [-0.1, -0.05) is 6.07 Å². The van der Waals surface area contributed by atoms with Gasteiger partial charge in [0.1, 0.15) is 5.82 Å². The average Bonchev–Trinajstić information content (AvgIpc) is 2.30. The van der Waals surface area contributed by atoms with E-state index in [4.69, 9.17) is 4.74 Å². The van der Waals surface area contributed by atoms with Crippen molar-refractivity contribution in [1.29, 1.82) is 0 Å². The minimum Gasteiger partial charge on any atom is -0.378 e. The summed E-state index contributed by atoms with van der Waals surface area (Å²) in [5.74, 6) is -0.464. The minimum atomic E-state index is -0.464. The summed E-state index contributed by atoms with van der Waals surface area (Å²) in [7, 11) is 0. The van der Waals surface area contributed by atoms with Crippen LogP contribution >= 0.6 is 0 Å². The standard InChI is InChI=1S/C11H12FNO2/c12-10-2-1-3-11(9(10)8-14)13-4-6-15-7-5-13/h1-3,8H,4-7H2. The third-order valence-corrected chi connectivity index (χ3v) is 2.50. The molecule has 0 spiro atoms. The van der Waals surface area contributed by atoms with E-state index in [0.29, 0.717) is 38.3 Å². The molecule has 0 atom stereocenters. The molecule has 0 aromatic heterocycles. The zero-order valence-electron chi connectivity index (χ0n) is 8.28. The molecular weight excluding hydrogens is 197 g/mol. The van der Waals surface area contributed by atoms with Crippen LogP contribution in [0, 0.1) is 5.82 Å². The average molecular weight is 209 g/mol. The van der Waals surface area contributed by atoms with Crippen molar-refractivity contribution in [3.63, 3.8) is 0 Å². The molecule has 0 aliphatic carbocycles. The van der Waals surface area contributed by atoms with Crippen LogP contribution in [0.5, 0.6) is 0 Å². The molecule has 0 unspecified atom stereocenters. The Labute approximate surface area is 87.5 Å². The van der Waals surface area contributed by atoms with E-state index in [1.165, 1.54) is 6.07 Å². The van der Waals surface area contributed by atoms with Crippen LogP contribution in [0.2, 0.25) is 0 Å². The lowest BCUT2D eigenvalue weighted by Crippen LogP contribution is -2.36. The second-order valence-corrected chi connectivity index (χ2v) is 3.39. The SMILES string of the molecule is O=Cc1c(F)cccc1N1CCOCC1. The van der Waals surface area contributed by atoms with Crippen LogP contribution in [-0.2, 0) is 4.74 Å². The Morgan fingerprint density at radius 3 is 2.73 bits per heavy atom. The molecule has 1 aliphatic rings. The first-order valence-electron chi connectivity index (χ1n) is 4.89. The molecule has 4 heteroatoms. The second kappa shape index (κ2) is 4.40. The molecule has 1 heterocycles. The van der Waals surface area contributed by atoms with Gasteiger partial charge >= 0.3 is 0 Å². The zero-order valence-corrected chi connectivity index (χ0v) is 8.28. The molecule has 0 bridgehead atoms. The lowest BCUT2D eigenvalue weighted by molar-refractivity contribution is 0.111. The number of ether oxygens (including phenoxy) is 1. The smallest absolute Gasteiger partial charge is 0.155 e. The van der Waals surface area contributed by atoms with E-state index >= 15 is 0 Å². The molecule has 2 rings (SSSR count). The van der Waals surface area contributed by atoms with Crippen LogP contribution in [0.1, 0.15) is 10.4 Å². The summed E-state index contributed by atoms with van der Waals surface area (Å²) in [6, 6.07) is 4.68. The molecule has 1 saturated heterocycles. The van der Waals surface area contributed by atoms with Gasteiger partial charge < -0.3 is 9.64 Å². The Morgan fingerprint density at radius 1 is 1.33 bits per heavy atom. The summed E-state index contributed by atoms with van der Waals surface area (Å²) in [6.07, 6.45) is 0.570. The fourth-order valence-electron chi connectivity index (χ4n) is 1.72. The number of hydrogen-bond acceptors (Lipinski definition) is 3. The van der Waals surface area contributed by atoms with Gasteiger partial charge in [0.2, 0.25) is 0 Å². The van der Waals surface area contributed by atoms with E-state index < -0.39 is 5.82 Å². The maximum atomic E-state index is 13.3. The van der Waals surface area contributed by atoms with Gasteiger partial charge in [0.15, 0.2) is 6.29 Å². The maximum absolute atomic E-state index is 13.3. The molecule has 0 amide bonds. The largest absolute Gasteiger partial charge is 0.378 e. The first-order valence-corrected chi connectivity index (χ1v) is 4.89. The molecule has 1 aromatic carbocycles. The van der Waals surface area contributed by atoms with Gasteiger partial charge in [-0.25, -0.2) is 4.39 Å². The molecule has 1 aliphatic heterocycles. The minimum absolute atomic E-state index is 0.138. The molecule has 0 radical (unpaired) electrons. The van der Waals surface area contributed by atoms with Crippen molar-refractivity contribution in [1.82, 2.24) is 0 Å². The van der Waals surface area contributed by atoms with Crippen molar-refractivity contribution < 1.29 is 13.9 Å². The summed E-state index contributed by atoms with van der Waals surface area (Å²) in [6.45, 7) is 2.64. The van der Waals surface area contributed by atoms with Crippen molar-refractivity contribution in [3.8, 4) is 0 Å². The fraction of sp³-hybridized carbons (Fsp3) is 0.364. The Balaban J connectivity index is 2.33. The Kier molecular flexibility index (Phi) is 2.97. The fourth-order valence-corrected chi connectivity index (χ4v) is 1.72. The quantitative estimate of drug-likeness (QED) is 0.691. The van der Waals surface area contributed by atoms with Gasteiger partial charge in [-0.3, -0.25) is 4.79 Å². The maximum Gasteiger partial charge on any atom is 0.155 e. The number of hydrogen-bond donors (Lipinski definition) is 0. The third kappa shape index (κ3) is 1.99. The first kappa shape index (κ1) is 10.1. The number of carbonyl (C=O) groups is 1. The topological polar surface area (TPSA) is 29.5 Å². The number of benzene rings is 1. The van der Waals surface area contributed by atoms with Crippen molar-refractivity contribution in [2.75, 3.05) is 31.2 Å². The van der Waals surface area contributed by atoms with Crippen LogP contribution < -0.4 is 4.90 Å². The number of aldehydes is 1. The Bertz CT molecular complexity index is 362. The molecule has 1 aromatic rings. The van der Waals surface area contributed by atoms with Crippen molar-refractivity contribution in [3.05, 3.63) is 29.6 Å². The number of carbonyl (C=O) groups excluding carboxylic acids is 1. The number of halogens is 1. The Morgan fingerprint density at radius 2 is 2.07 bits per heavy atom. The highest BCUT2D eigenvalue weighted by Gasteiger charge is 2.16. The summed E-state index contributed by atoms with van der Waals surface area (Å²) < 4.78 is 18.5. The van der Waals surface area contributed by atoms with Crippen molar-refractivity contribution >= 4 is 12.0 Å². The number of morpholine rings is 1. The Hall–Kier alpha value is -1.42. The number of anilines is 1. The van der Waals surface area contributed by atoms with E-state index in [1.807, 2.05) is 4.90 Å². The summed E-state index contributed by atoms with van der Waals surface area (Å²) in [5, 5.41) is 0. The van der Waals surface area contributed by atoms with E-state index in [1.54, 1.807) is 12.1 Å². The van der Waals surface area contributed by atoms with Gasteiger partial charge in [0.05, 0.1) is 24.5 Å². The zero-order chi connectivity index (χ0) is 10.7. The molecule has 0 saturated carbocycles. The second-order valence-electron chi connectivity index (χ2n) is 3.39. The van der Waals surface area contributed by atoms with Gasteiger partial charge in [0, 0.05) is 13.1 Å². The van der Waals surface area contributed by atoms with E-state index in [9.17, 15) is 9.18 Å². The van der Waals surface area contributed by atoms with Crippen LogP contribution in [0.15, 0.2) is 18.2 Å². The van der Waals surface area contributed by atoms with Gasteiger partial charge in [-0.05, 0) is 12.1 Å². The molecular formula is C11H12FNO2. The van der Waals surface area contributed by atoms with Gasteiger partial charge in [-0.2, -0.15) is 0 Å². The molecule has 15 heavy (non-hydrogen) atoms. The predicted molar refractivity (Wildman–Crippen MR) is 54.8 cm³/mol. The van der Waals surface area contributed by atoms with Gasteiger partial charge in [-0.15, -0.1) is 0 Å². The number of rotatable bonds is 2. The third-order valence-electron chi connectivity index (χ3n) is 2.50. The van der Waals surface area contributed by atoms with Crippen LogP contribution in [0.4, 0.5) is 10.1 Å². The lowest BCUT2D eigenvalue weighted by Gasteiger charge is -2.29. The normalized spacial score (nSPS) is 16.5. The van der Waals surface area contributed by atoms with Gasteiger partial charge in [0.25, 0.3) is 0 Å². The number of nitrogens with zero attached hydrogens (tertiary/aromatic N) is 1. The summed E-state index contributed by atoms with van der Waals surface area (Å²) in [5.41, 5.74) is 0.799. The van der Waals surface area contributed by atoms with Crippen molar-refractivity contribution in [2.45, 2.75) is 0 Å². The monoisotopic (exact) mass is 209 g/mol. The van der Waals surface area contributed by atoms with Crippen LogP contribution in [0.25, 0.3) is 0 Å². The lowest BCUT2D eigenvalue weighted by atomic mass is 10.1. The van der Waals surface area contributed by atoms with E-state index in [2.05, 4.69) is 0 Å². The summed E-state index contributed by atoms with van der Waals surface area (Å²) in [4.78, 5) is 12.8. The van der Waals surface area contributed by atoms with Crippen LogP contribution in [0.3, 0.4) is 0 Å². The van der Waals surface area contributed by atoms with Crippen molar-refractivity contribution in [2.24, 2.45) is 0 Å². The van der Waals surface area contributed by atoms with E-state index in [0.717, 1.165) is 0 Å². The molecule has 0 N–H and O–H groups in total. The highest BCUT2D eigenvalue weighted by molar-refractivity contribution is 5.85.